The standard InChI is InChI=1S/C17H18Cl2N4O3S/c1-11(2)23(7-8-27(24,25)26)15-9-14(22-6-5-20-10-22)12-3-4-13(18)16(19)17(12)21-15/h3-6,9-11H,7-8H2,1-2H3,(H,24,25,26). The zero-order valence-corrected chi connectivity index (χ0v) is 17.0. The van der Waals surface area contributed by atoms with Crippen molar-refractivity contribution in [3.63, 3.8) is 0 Å². The molecule has 3 rings (SSSR count). The third kappa shape index (κ3) is 4.35. The van der Waals surface area contributed by atoms with Gasteiger partial charge in [0.25, 0.3) is 10.1 Å². The third-order valence-electron chi connectivity index (χ3n) is 4.13. The molecule has 0 aliphatic heterocycles. The molecule has 0 radical (unpaired) electrons. The zero-order chi connectivity index (χ0) is 19.8. The minimum atomic E-state index is -4.10. The van der Waals surface area contributed by atoms with Gasteiger partial charge in [-0.15, -0.1) is 0 Å². The first-order chi connectivity index (χ1) is 12.7. The fourth-order valence-electron chi connectivity index (χ4n) is 2.82. The normalized spacial score (nSPS) is 12.1. The predicted octanol–water partition coefficient (Wildman–Crippen LogP) is 3.83. The van der Waals surface area contributed by atoms with E-state index in [0.29, 0.717) is 21.4 Å². The number of pyridine rings is 1. The van der Waals surface area contributed by atoms with Gasteiger partial charge in [0.2, 0.25) is 0 Å². The van der Waals surface area contributed by atoms with Crippen molar-refractivity contribution >= 4 is 50.0 Å². The van der Waals surface area contributed by atoms with E-state index in [1.165, 1.54) is 0 Å². The Morgan fingerprint density at radius 2 is 2.04 bits per heavy atom. The summed E-state index contributed by atoms with van der Waals surface area (Å²) < 4.78 is 33.4. The molecule has 144 valence electrons. The van der Waals surface area contributed by atoms with Crippen LogP contribution in [0.5, 0.6) is 0 Å². The highest BCUT2D eigenvalue weighted by atomic mass is 35.5. The largest absolute Gasteiger partial charge is 0.353 e. The summed E-state index contributed by atoms with van der Waals surface area (Å²) in [5.74, 6) is 0.114. The molecule has 0 saturated carbocycles. The SMILES string of the molecule is CC(C)N(CCS(=O)(=O)O)c1cc(-n2ccnc2)c2ccc(Cl)c(Cl)c2n1. The van der Waals surface area contributed by atoms with Crippen molar-refractivity contribution in [2.24, 2.45) is 0 Å². The average Bonchev–Trinajstić information content (AvgIpc) is 3.11. The number of fused-ring (bicyclic) bond motifs is 1. The highest BCUT2D eigenvalue weighted by Gasteiger charge is 2.19. The van der Waals surface area contributed by atoms with Crippen LogP contribution in [0.1, 0.15) is 13.8 Å². The molecule has 0 aliphatic rings. The van der Waals surface area contributed by atoms with E-state index in [0.717, 1.165) is 11.1 Å². The van der Waals surface area contributed by atoms with Crippen LogP contribution in [0.15, 0.2) is 36.9 Å². The number of rotatable bonds is 6. The average molecular weight is 429 g/mol. The molecular formula is C17H18Cl2N4O3S. The molecule has 1 N–H and O–H groups in total. The summed E-state index contributed by atoms with van der Waals surface area (Å²) in [6.07, 6.45) is 5.10. The molecule has 0 unspecified atom stereocenters. The van der Waals surface area contributed by atoms with Crippen molar-refractivity contribution in [2.45, 2.75) is 19.9 Å². The second kappa shape index (κ2) is 7.63. The number of aromatic nitrogens is 3. The molecule has 7 nitrogen and oxygen atoms in total. The van der Waals surface area contributed by atoms with Crippen LogP contribution in [-0.2, 0) is 10.1 Å². The van der Waals surface area contributed by atoms with Gasteiger partial charge in [-0.05, 0) is 26.0 Å². The minimum Gasteiger partial charge on any atom is -0.353 e. The first-order valence-corrected chi connectivity index (χ1v) is 10.5. The van der Waals surface area contributed by atoms with Crippen molar-refractivity contribution in [1.82, 2.24) is 14.5 Å². The molecule has 27 heavy (non-hydrogen) atoms. The maximum atomic E-state index is 11.2. The fourth-order valence-corrected chi connectivity index (χ4v) is 3.60. The van der Waals surface area contributed by atoms with Gasteiger partial charge in [0.05, 0.1) is 33.3 Å². The number of anilines is 1. The quantitative estimate of drug-likeness (QED) is 0.600. The molecule has 3 aromatic rings. The van der Waals surface area contributed by atoms with E-state index >= 15 is 0 Å². The first-order valence-electron chi connectivity index (χ1n) is 8.16. The van der Waals surface area contributed by atoms with E-state index in [9.17, 15) is 8.42 Å². The summed E-state index contributed by atoms with van der Waals surface area (Å²) in [4.78, 5) is 10.5. The van der Waals surface area contributed by atoms with E-state index in [4.69, 9.17) is 27.8 Å². The third-order valence-corrected chi connectivity index (χ3v) is 5.62. The molecular weight excluding hydrogens is 411 g/mol. The summed E-state index contributed by atoms with van der Waals surface area (Å²) in [5.41, 5.74) is 1.28. The van der Waals surface area contributed by atoms with Gasteiger partial charge < -0.3 is 9.47 Å². The Kier molecular flexibility index (Phi) is 5.62. The van der Waals surface area contributed by atoms with Crippen LogP contribution in [0, 0.1) is 0 Å². The lowest BCUT2D eigenvalue weighted by atomic mass is 10.1. The molecule has 0 atom stereocenters. The van der Waals surface area contributed by atoms with E-state index in [1.54, 1.807) is 29.7 Å². The lowest BCUT2D eigenvalue weighted by Crippen LogP contribution is -2.35. The topological polar surface area (TPSA) is 88.3 Å². The monoisotopic (exact) mass is 428 g/mol. The molecule has 1 aromatic carbocycles. The van der Waals surface area contributed by atoms with Crippen molar-refractivity contribution in [3.05, 3.63) is 47.0 Å². The Morgan fingerprint density at radius 3 is 2.63 bits per heavy atom. The van der Waals surface area contributed by atoms with Crippen LogP contribution in [0.3, 0.4) is 0 Å². The van der Waals surface area contributed by atoms with Crippen LogP contribution in [0.25, 0.3) is 16.6 Å². The molecule has 0 bridgehead atoms. The van der Waals surface area contributed by atoms with Crippen molar-refractivity contribution in [2.75, 3.05) is 17.2 Å². The van der Waals surface area contributed by atoms with Crippen LogP contribution in [0.4, 0.5) is 5.82 Å². The van der Waals surface area contributed by atoms with Gasteiger partial charge in [-0.25, -0.2) is 9.97 Å². The van der Waals surface area contributed by atoms with Gasteiger partial charge in [-0.2, -0.15) is 8.42 Å². The number of nitrogens with zero attached hydrogens (tertiary/aromatic N) is 4. The van der Waals surface area contributed by atoms with Crippen LogP contribution in [0.2, 0.25) is 10.0 Å². The summed E-state index contributed by atoms with van der Waals surface area (Å²) in [6.45, 7) is 3.90. The Morgan fingerprint density at radius 1 is 1.30 bits per heavy atom. The van der Waals surface area contributed by atoms with Crippen molar-refractivity contribution in [1.29, 1.82) is 0 Å². The van der Waals surface area contributed by atoms with Crippen LogP contribution >= 0.6 is 23.2 Å². The Labute approximate surface area is 167 Å². The molecule has 0 saturated heterocycles. The van der Waals surface area contributed by atoms with Crippen LogP contribution in [-0.4, -0.2) is 45.8 Å². The second-order valence-electron chi connectivity index (χ2n) is 6.30. The lowest BCUT2D eigenvalue weighted by molar-refractivity contribution is 0.481. The molecule has 2 aromatic heterocycles. The molecule has 0 amide bonds. The first kappa shape index (κ1) is 19.9. The van der Waals surface area contributed by atoms with Crippen molar-refractivity contribution in [3.8, 4) is 5.69 Å². The highest BCUT2D eigenvalue weighted by Crippen LogP contribution is 2.35. The summed E-state index contributed by atoms with van der Waals surface area (Å²) in [6, 6.07) is 5.29. The second-order valence-corrected chi connectivity index (χ2v) is 8.66. The fraction of sp³-hybridized carbons (Fsp3) is 0.294. The van der Waals surface area contributed by atoms with Gasteiger partial charge in [0.15, 0.2) is 0 Å². The van der Waals surface area contributed by atoms with Gasteiger partial charge in [-0.1, -0.05) is 23.2 Å². The van der Waals surface area contributed by atoms with Gasteiger partial charge in [0.1, 0.15) is 5.82 Å². The van der Waals surface area contributed by atoms with E-state index < -0.39 is 15.9 Å². The Bertz CT molecular complexity index is 1070. The van der Waals surface area contributed by atoms with E-state index in [1.807, 2.05) is 30.5 Å². The van der Waals surface area contributed by atoms with Gasteiger partial charge in [0, 0.05) is 36.4 Å². The zero-order valence-electron chi connectivity index (χ0n) is 14.7. The Hall–Kier alpha value is -1.87. The molecule has 2 heterocycles. The minimum absolute atomic E-state index is 0.0645. The molecule has 0 aliphatic carbocycles. The molecule has 10 heteroatoms. The smallest absolute Gasteiger partial charge is 0.266 e. The predicted molar refractivity (Wildman–Crippen MR) is 108 cm³/mol. The summed E-state index contributed by atoms with van der Waals surface area (Å²) in [7, 11) is -4.10. The van der Waals surface area contributed by atoms with Crippen molar-refractivity contribution < 1.29 is 13.0 Å². The number of benzene rings is 1. The van der Waals surface area contributed by atoms with E-state index in [2.05, 4.69) is 9.97 Å². The number of hydrogen-bond acceptors (Lipinski definition) is 5. The summed E-state index contributed by atoms with van der Waals surface area (Å²) in [5, 5.41) is 1.47. The van der Waals surface area contributed by atoms with Gasteiger partial charge in [-0.3, -0.25) is 4.55 Å². The molecule has 0 fully saturated rings. The van der Waals surface area contributed by atoms with Crippen LogP contribution < -0.4 is 4.90 Å². The summed E-state index contributed by atoms with van der Waals surface area (Å²) >= 11 is 12.6. The highest BCUT2D eigenvalue weighted by molar-refractivity contribution is 7.85. The maximum Gasteiger partial charge on any atom is 0.266 e. The number of halogens is 2. The van der Waals surface area contributed by atoms with E-state index in [-0.39, 0.29) is 12.6 Å². The maximum absolute atomic E-state index is 11.2. The molecule has 0 spiro atoms. The lowest BCUT2D eigenvalue weighted by Gasteiger charge is -2.28. The van der Waals surface area contributed by atoms with Gasteiger partial charge >= 0.3 is 0 Å². The Balaban J connectivity index is 2.21. The number of hydrogen-bond donors (Lipinski definition) is 1. The number of imidazole rings is 1.